The molecule has 2 amide bonds. The Morgan fingerprint density at radius 3 is 2.14 bits per heavy atom. The van der Waals surface area contributed by atoms with Crippen LogP contribution in [0.25, 0.3) is 0 Å². The van der Waals surface area contributed by atoms with Crippen molar-refractivity contribution in [1.29, 1.82) is 0 Å². The molecule has 154 valence electrons. The van der Waals surface area contributed by atoms with Gasteiger partial charge in [-0.15, -0.1) is 0 Å². The number of carbonyl (C=O) groups excluding carboxylic acids is 2. The minimum atomic E-state index is -3.63. The third-order valence-electron chi connectivity index (χ3n) is 5.09. The van der Waals surface area contributed by atoms with Crippen LogP contribution >= 0.6 is 0 Å². The van der Waals surface area contributed by atoms with Crippen LogP contribution in [0.3, 0.4) is 0 Å². The van der Waals surface area contributed by atoms with Crippen molar-refractivity contribution in [1.82, 2.24) is 9.80 Å². The van der Waals surface area contributed by atoms with Gasteiger partial charge in [-0.1, -0.05) is 0 Å². The monoisotopic (exact) mass is 409 g/mol. The average Bonchev–Trinajstić information content (AvgIpc) is 2.72. The van der Waals surface area contributed by atoms with Crippen LogP contribution in [-0.2, 0) is 19.6 Å². The first-order valence-corrected chi connectivity index (χ1v) is 11.4. The fourth-order valence-electron chi connectivity index (χ4n) is 3.49. The minimum Gasteiger partial charge on any atom is -0.378 e. The molecule has 0 radical (unpaired) electrons. The molecule has 2 heterocycles. The Kier molecular flexibility index (Phi) is 6.56. The van der Waals surface area contributed by atoms with Crippen LogP contribution in [0.5, 0.6) is 0 Å². The van der Waals surface area contributed by atoms with E-state index in [1.165, 1.54) is 0 Å². The number of amides is 2. The predicted octanol–water partition coefficient (Wildman–Crippen LogP) is 0.938. The lowest BCUT2D eigenvalue weighted by Crippen LogP contribution is -2.44. The van der Waals surface area contributed by atoms with Crippen molar-refractivity contribution in [2.24, 2.45) is 0 Å². The van der Waals surface area contributed by atoms with E-state index in [1.807, 2.05) is 0 Å². The highest BCUT2D eigenvalue weighted by Gasteiger charge is 2.25. The number of morpholine rings is 1. The number of carbonyl (C=O) groups is 2. The zero-order valence-electron chi connectivity index (χ0n) is 16.2. The molecule has 2 aliphatic heterocycles. The van der Waals surface area contributed by atoms with Crippen LogP contribution < -0.4 is 4.31 Å². The number of rotatable bonds is 5. The number of nitrogens with zero attached hydrogens (tertiary/aromatic N) is 3. The van der Waals surface area contributed by atoms with E-state index in [-0.39, 0.29) is 18.4 Å². The number of sulfonamides is 1. The largest absolute Gasteiger partial charge is 0.378 e. The smallest absolute Gasteiger partial charge is 0.254 e. The van der Waals surface area contributed by atoms with Crippen molar-refractivity contribution in [2.45, 2.75) is 19.3 Å². The lowest BCUT2D eigenvalue weighted by molar-refractivity contribution is -0.130. The highest BCUT2D eigenvalue weighted by Crippen LogP contribution is 2.20. The van der Waals surface area contributed by atoms with E-state index < -0.39 is 10.0 Å². The van der Waals surface area contributed by atoms with Gasteiger partial charge < -0.3 is 14.5 Å². The van der Waals surface area contributed by atoms with Crippen LogP contribution in [0.2, 0.25) is 0 Å². The molecule has 1 aromatic rings. The van der Waals surface area contributed by atoms with Gasteiger partial charge in [0.15, 0.2) is 0 Å². The summed E-state index contributed by atoms with van der Waals surface area (Å²) in [4.78, 5) is 28.5. The van der Waals surface area contributed by atoms with Crippen molar-refractivity contribution in [3.05, 3.63) is 29.8 Å². The van der Waals surface area contributed by atoms with Gasteiger partial charge in [0.05, 0.1) is 25.2 Å². The highest BCUT2D eigenvalue weighted by atomic mass is 32.2. The molecule has 3 rings (SSSR count). The molecule has 1 aromatic carbocycles. The van der Waals surface area contributed by atoms with Crippen LogP contribution in [0.15, 0.2) is 24.3 Å². The maximum Gasteiger partial charge on any atom is 0.254 e. The molecule has 8 nitrogen and oxygen atoms in total. The lowest BCUT2D eigenvalue weighted by atomic mass is 10.1. The maximum atomic E-state index is 12.6. The summed E-state index contributed by atoms with van der Waals surface area (Å²) in [6.45, 7) is 3.23. The Balaban J connectivity index is 1.73. The van der Waals surface area contributed by atoms with Gasteiger partial charge in [0.25, 0.3) is 5.91 Å². The van der Waals surface area contributed by atoms with E-state index in [9.17, 15) is 18.0 Å². The number of ether oxygens (including phenoxy) is 1. The summed E-state index contributed by atoms with van der Waals surface area (Å²) < 4.78 is 30.9. The Morgan fingerprint density at radius 1 is 0.964 bits per heavy atom. The quantitative estimate of drug-likeness (QED) is 0.722. The Hall–Kier alpha value is -2.13. The second kappa shape index (κ2) is 8.91. The summed E-state index contributed by atoms with van der Waals surface area (Å²) >= 11 is 0. The fraction of sp³-hybridized carbons (Fsp3) is 0.579. The molecule has 0 bridgehead atoms. The minimum absolute atomic E-state index is 0.106. The van der Waals surface area contributed by atoms with E-state index in [1.54, 1.807) is 34.1 Å². The summed E-state index contributed by atoms with van der Waals surface area (Å²) in [6, 6.07) is 6.38. The molecule has 0 spiro atoms. The number of likely N-dealkylation sites (tertiary alicyclic amines) is 1. The van der Waals surface area contributed by atoms with Crippen LogP contribution in [0, 0.1) is 0 Å². The molecule has 0 unspecified atom stereocenters. The Morgan fingerprint density at radius 2 is 1.57 bits per heavy atom. The van der Waals surface area contributed by atoms with Gasteiger partial charge in [0, 0.05) is 31.7 Å². The molecule has 0 aromatic heterocycles. The zero-order chi connectivity index (χ0) is 20.1. The molecular weight excluding hydrogens is 382 g/mol. The number of hydrogen-bond acceptors (Lipinski definition) is 5. The SMILES string of the molecule is CS(=O)(=O)N(CC(=O)N1CCCCC1)c1ccc(C(=O)N2CCOCC2)cc1. The van der Waals surface area contributed by atoms with Gasteiger partial charge in [-0.05, 0) is 43.5 Å². The number of benzene rings is 1. The molecule has 2 aliphatic rings. The number of anilines is 1. The molecule has 0 saturated carbocycles. The molecule has 0 N–H and O–H groups in total. The van der Waals surface area contributed by atoms with E-state index in [4.69, 9.17) is 4.74 Å². The molecular formula is C19H27N3O5S. The topological polar surface area (TPSA) is 87.2 Å². The van der Waals surface area contributed by atoms with Crippen LogP contribution in [-0.4, -0.2) is 82.2 Å². The molecule has 0 aliphatic carbocycles. The summed E-state index contributed by atoms with van der Waals surface area (Å²) in [5.74, 6) is -0.302. The van der Waals surface area contributed by atoms with Crippen molar-refractivity contribution < 1.29 is 22.7 Å². The molecule has 0 atom stereocenters. The maximum absolute atomic E-state index is 12.6. The summed E-state index contributed by atoms with van der Waals surface area (Å²) in [5, 5.41) is 0. The third-order valence-corrected chi connectivity index (χ3v) is 6.23. The Bertz CT molecular complexity index is 797. The standard InChI is InChI=1S/C19H27N3O5S/c1-28(25,26)22(15-18(23)20-9-3-2-4-10-20)17-7-5-16(6-8-17)19(24)21-11-13-27-14-12-21/h5-8H,2-4,9-15H2,1H3. The molecule has 28 heavy (non-hydrogen) atoms. The first-order chi connectivity index (χ1) is 13.4. The van der Waals surface area contributed by atoms with Gasteiger partial charge in [-0.3, -0.25) is 13.9 Å². The molecule has 9 heteroatoms. The normalized spacial score (nSPS) is 18.0. The second-order valence-corrected chi connectivity index (χ2v) is 9.07. The van der Waals surface area contributed by atoms with Crippen molar-refractivity contribution in [3.8, 4) is 0 Å². The number of piperidine rings is 1. The van der Waals surface area contributed by atoms with E-state index in [2.05, 4.69) is 0 Å². The Labute approximate surface area is 166 Å². The summed E-state index contributed by atoms with van der Waals surface area (Å²) in [5.41, 5.74) is 0.868. The molecule has 2 fully saturated rings. The summed E-state index contributed by atoms with van der Waals surface area (Å²) in [7, 11) is -3.63. The van der Waals surface area contributed by atoms with Crippen LogP contribution in [0.4, 0.5) is 5.69 Å². The van der Waals surface area contributed by atoms with E-state index in [0.29, 0.717) is 50.6 Å². The van der Waals surface area contributed by atoms with Crippen molar-refractivity contribution in [3.63, 3.8) is 0 Å². The van der Waals surface area contributed by atoms with Crippen LogP contribution in [0.1, 0.15) is 29.6 Å². The third kappa shape index (κ3) is 5.02. The van der Waals surface area contributed by atoms with Crippen molar-refractivity contribution >= 4 is 27.5 Å². The van der Waals surface area contributed by atoms with Gasteiger partial charge in [0.1, 0.15) is 6.54 Å². The van der Waals surface area contributed by atoms with Gasteiger partial charge in [0.2, 0.25) is 15.9 Å². The fourth-order valence-corrected chi connectivity index (χ4v) is 4.34. The van der Waals surface area contributed by atoms with Gasteiger partial charge in [-0.25, -0.2) is 8.42 Å². The predicted molar refractivity (Wildman–Crippen MR) is 106 cm³/mol. The zero-order valence-corrected chi connectivity index (χ0v) is 17.0. The second-order valence-electron chi connectivity index (χ2n) is 7.16. The first-order valence-electron chi connectivity index (χ1n) is 9.59. The number of hydrogen-bond donors (Lipinski definition) is 0. The van der Waals surface area contributed by atoms with E-state index in [0.717, 1.165) is 29.8 Å². The van der Waals surface area contributed by atoms with E-state index >= 15 is 0 Å². The highest BCUT2D eigenvalue weighted by molar-refractivity contribution is 7.92. The van der Waals surface area contributed by atoms with Gasteiger partial charge in [-0.2, -0.15) is 0 Å². The summed E-state index contributed by atoms with van der Waals surface area (Å²) in [6.07, 6.45) is 4.08. The molecule has 2 saturated heterocycles. The first kappa shape index (κ1) is 20.6. The average molecular weight is 410 g/mol. The van der Waals surface area contributed by atoms with Crippen molar-refractivity contribution in [2.75, 3.05) is 56.5 Å². The lowest BCUT2D eigenvalue weighted by Gasteiger charge is -2.30. The van der Waals surface area contributed by atoms with Gasteiger partial charge >= 0.3 is 0 Å².